The molecule has 7 heteroatoms. The van der Waals surface area contributed by atoms with Gasteiger partial charge in [0.25, 0.3) is 0 Å². The Morgan fingerprint density at radius 3 is 1.71 bits per heavy atom. The third kappa shape index (κ3) is 4.01. The van der Waals surface area contributed by atoms with Crippen LogP contribution in [-0.4, -0.2) is 13.9 Å². The highest BCUT2D eigenvalue weighted by atomic mass is 32.2. The summed E-state index contributed by atoms with van der Waals surface area (Å²) in [5.41, 5.74) is -3.47. The third-order valence-electron chi connectivity index (χ3n) is 2.70. The van der Waals surface area contributed by atoms with Crippen molar-refractivity contribution in [3.05, 3.63) is 54.1 Å². The normalized spacial score (nSPS) is 12.4. The number of rotatable bonds is 3. The largest absolute Gasteiger partial charge is 0.446 e. The fourth-order valence-electron chi connectivity index (χ4n) is 1.67. The molecular formula is C14H11F3O2S2. The summed E-state index contributed by atoms with van der Waals surface area (Å²) in [6, 6.07) is 11.0. The zero-order valence-corrected chi connectivity index (χ0v) is 12.5. The van der Waals surface area contributed by atoms with Crippen LogP contribution in [0.2, 0.25) is 0 Å². The van der Waals surface area contributed by atoms with E-state index in [1.807, 2.05) is 6.92 Å². The van der Waals surface area contributed by atoms with Crippen molar-refractivity contribution in [2.24, 2.45) is 0 Å². The zero-order valence-electron chi connectivity index (χ0n) is 10.9. The fourth-order valence-corrected chi connectivity index (χ4v) is 3.47. The van der Waals surface area contributed by atoms with Gasteiger partial charge < -0.3 is 0 Å². The van der Waals surface area contributed by atoms with Crippen LogP contribution in [0.1, 0.15) is 5.56 Å². The van der Waals surface area contributed by atoms with Crippen LogP contribution in [0.3, 0.4) is 0 Å². The quantitative estimate of drug-likeness (QED) is 0.779. The van der Waals surface area contributed by atoms with E-state index in [9.17, 15) is 21.6 Å². The van der Waals surface area contributed by atoms with Crippen molar-refractivity contribution in [3.63, 3.8) is 0 Å². The molecule has 0 atom stereocenters. The maximum absolute atomic E-state index is 12.3. The van der Waals surface area contributed by atoms with Crippen LogP contribution in [0.4, 0.5) is 13.2 Å². The summed E-state index contributed by atoms with van der Waals surface area (Å²) < 4.78 is 61.3. The Kier molecular flexibility index (Phi) is 4.34. The molecular weight excluding hydrogens is 321 g/mol. The zero-order chi connectivity index (χ0) is 15.7. The van der Waals surface area contributed by atoms with Gasteiger partial charge in [-0.1, -0.05) is 17.7 Å². The minimum atomic E-state index is -4.39. The number of hydrogen-bond acceptors (Lipinski definition) is 3. The van der Waals surface area contributed by atoms with E-state index in [1.54, 1.807) is 12.1 Å². The lowest BCUT2D eigenvalue weighted by atomic mass is 10.2. The predicted molar refractivity (Wildman–Crippen MR) is 75.0 cm³/mol. The van der Waals surface area contributed by atoms with Crippen LogP contribution < -0.4 is 0 Å². The topological polar surface area (TPSA) is 34.1 Å². The van der Waals surface area contributed by atoms with E-state index in [0.717, 1.165) is 17.7 Å². The highest BCUT2D eigenvalue weighted by Gasteiger charge is 2.29. The van der Waals surface area contributed by atoms with Gasteiger partial charge in [0, 0.05) is 4.90 Å². The van der Waals surface area contributed by atoms with Crippen LogP contribution in [0, 0.1) is 6.92 Å². The molecule has 2 aromatic carbocycles. The van der Waals surface area contributed by atoms with E-state index < -0.39 is 15.3 Å². The average molecular weight is 332 g/mol. The lowest BCUT2D eigenvalue weighted by Gasteiger charge is -2.08. The van der Waals surface area contributed by atoms with Gasteiger partial charge in [-0.05, 0) is 55.1 Å². The molecule has 0 aliphatic rings. The van der Waals surface area contributed by atoms with Gasteiger partial charge in [0.15, 0.2) is 0 Å². The van der Waals surface area contributed by atoms with Gasteiger partial charge in [-0.25, -0.2) is 8.42 Å². The minimum Gasteiger partial charge on any atom is -0.219 e. The molecule has 0 aromatic heterocycles. The lowest BCUT2D eigenvalue weighted by molar-refractivity contribution is -0.0328. The monoisotopic (exact) mass is 332 g/mol. The maximum atomic E-state index is 12.3. The Hall–Kier alpha value is -1.47. The summed E-state index contributed by atoms with van der Waals surface area (Å²) >= 11 is -0.277. The average Bonchev–Trinajstić information content (AvgIpc) is 2.38. The first-order valence-electron chi connectivity index (χ1n) is 5.86. The molecule has 0 amide bonds. The number of aryl methyl sites for hydroxylation is 1. The van der Waals surface area contributed by atoms with Crippen molar-refractivity contribution in [2.45, 2.75) is 27.1 Å². The molecule has 0 unspecified atom stereocenters. The minimum absolute atomic E-state index is 0.0297. The highest BCUT2D eigenvalue weighted by Crippen LogP contribution is 2.37. The predicted octanol–water partition coefficient (Wildman–Crippen LogP) is 4.44. The summed E-state index contributed by atoms with van der Waals surface area (Å²) in [5, 5.41) is 0. The van der Waals surface area contributed by atoms with Crippen LogP contribution >= 0.6 is 11.8 Å². The Morgan fingerprint density at radius 2 is 1.29 bits per heavy atom. The van der Waals surface area contributed by atoms with Gasteiger partial charge in [0.05, 0.1) is 9.79 Å². The summed E-state index contributed by atoms with van der Waals surface area (Å²) in [6.45, 7) is 1.83. The fraction of sp³-hybridized carbons (Fsp3) is 0.143. The van der Waals surface area contributed by atoms with E-state index in [0.29, 0.717) is 0 Å². The maximum Gasteiger partial charge on any atom is 0.446 e. The van der Waals surface area contributed by atoms with Gasteiger partial charge in [0.1, 0.15) is 0 Å². The molecule has 2 nitrogen and oxygen atoms in total. The Bertz CT molecular complexity index is 718. The van der Waals surface area contributed by atoms with E-state index in [4.69, 9.17) is 0 Å². The van der Waals surface area contributed by atoms with Crippen LogP contribution in [0.15, 0.2) is 63.2 Å². The van der Waals surface area contributed by atoms with Gasteiger partial charge >= 0.3 is 5.51 Å². The van der Waals surface area contributed by atoms with Crippen LogP contribution in [0.25, 0.3) is 0 Å². The second-order valence-corrected chi connectivity index (χ2v) is 7.42. The first kappa shape index (κ1) is 15.9. The molecule has 0 radical (unpaired) electrons. The summed E-state index contributed by atoms with van der Waals surface area (Å²) in [5.74, 6) is 0. The molecule has 0 saturated carbocycles. The van der Waals surface area contributed by atoms with Gasteiger partial charge in [-0.3, -0.25) is 0 Å². The third-order valence-corrected chi connectivity index (χ3v) is 5.22. The number of sulfone groups is 1. The summed E-state index contributed by atoms with van der Waals surface area (Å²) in [7, 11) is -3.71. The van der Waals surface area contributed by atoms with Gasteiger partial charge in [-0.2, -0.15) is 13.2 Å². The van der Waals surface area contributed by atoms with Crippen molar-refractivity contribution in [1.29, 1.82) is 0 Å². The first-order valence-corrected chi connectivity index (χ1v) is 8.16. The summed E-state index contributed by atoms with van der Waals surface area (Å²) in [6.07, 6.45) is 0. The second-order valence-electron chi connectivity index (χ2n) is 4.34. The standard InChI is InChI=1S/C14H11F3O2S2/c1-10-2-6-12(7-3-10)21(18,19)13-8-4-11(5-9-13)20-14(15,16)17/h2-9H,1H3. The summed E-state index contributed by atoms with van der Waals surface area (Å²) in [4.78, 5) is 0.0348. The molecule has 0 aliphatic heterocycles. The molecule has 0 fully saturated rings. The van der Waals surface area contributed by atoms with Crippen molar-refractivity contribution in [3.8, 4) is 0 Å². The Labute approximate surface area is 124 Å². The molecule has 0 heterocycles. The first-order chi connectivity index (χ1) is 9.68. The molecule has 112 valence electrons. The van der Waals surface area contributed by atoms with E-state index >= 15 is 0 Å². The number of alkyl halides is 3. The Balaban J connectivity index is 2.31. The molecule has 21 heavy (non-hydrogen) atoms. The van der Waals surface area contributed by atoms with Crippen molar-refractivity contribution in [1.82, 2.24) is 0 Å². The van der Waals surface area contributed by atoms with Crippen LogP contribution in [0.5, 0.6) is 0 Å². The number of thioether (sulfide) groups is 1. The molecule has 0 saturated heterocycles. The SMILES string of the molecule is Cc1ccc(S(=O)(=O)c2ccc(SC(F)(F)F)cc2)cc1. The molecule has 0 spiro atoms. The van der Waals surface area contributed by atoms with Crippen molar-refractivity contribution in [2.75, 3.05) is 0 Å². The van der Waals surface area contributed by atoms with Crippen molar-refractivity contribution < 1.29 is 21.6 Å². The second kappa shape index (κ2) is 5.73. The van der Waals surface area contributed by atoms with E-state index in [-0.39, 0.29) is 26.4 Å². The van der Waals surface area contributed by atoms with Crippen molar-refractivity contribution >= 4 is 21.6 Å². The molecule has 0 aliphatic carbocycles. The number of hydrogen-bond donors (Lipinski definition) is 0. The molecule has 0 N–H and O–H groups in total. The lowest BCUT2D eigenvalue weighted by Crippen LogP contribution is -2.02. The Morgan fingerprint density at radius 1 is 0.857 bits per heavy atom. The highest BCUT2D eigenvalue weighted by molar-refractivity contribution is 8.00. The molecule has 2 rings (SSSR count). The van der Waals surface area contributed by atoms with E-state index in [1.165, 1.54) is 24.3 Å². The van der Waals surface area contributed by atoms with Crippen LogP contribution in [-0.2, 0) is 9.84 Å². The number of halogens is 3. The van der Waals surface area contributed by atoms with Gasteiger partial charge in [-0.15, -0.1) is 0 Å². The van der Waals surface area contributed by atoms with E-state index in [2.05, 4.69) is 0 Å². The molecule has 0 bridgehead atoms. The smallest absolute Gasteiger partial charge is 0.219 e. The molecule has 2 aromatic rings. The number of benzene rings is 2. The van der Waals surface area contributed by atoms with Gasteiger partial charge in [0.2, 0.25) is 9.84 Å².